The number of piperidine rings is 1. The van der Waals surface area contributed by atoms with Crippen molar-refractivity contribution in [1.82, 2.24) is 20.4 Å². The van der Waals surface area contributed by atoms with Crippen LogP contribution in [-0.4, -0.2) is 87.6 Å². The highest BCUT2D eigenvalue weighted by Gasteiger charge is 2.23. The standard InChI is InChI=1S/C18H35N5O3/c1-5-6-10-19-18(20-14-17(25)22(2)3)21-15-7-11-23(12-8-15)16(24)9-13-26-4/h15H,5-14H2,1-4H3,(H2,19,20,21). The predicted octanol–water partition coefficient (Wildman–Crippen LogP) is 0.437. The van der Waals surface area contributed by atoms with E-state index in [4.69, 9.17) is 4.74 Å². The average molecular weight is 370 g/mol. The lowest BCUT2D eigenvalue weighted by Gasteiger charge is -2.33. The van der Waals surface area contributed by atoms with Gasteiger partial charge in [-0.15, -0.1) is 0 Å². The van der Waals surface area contributed by atoms with Crippen LogP contribution in [0.2, 0.25) is 0 Å². The Hall–Kier alpha value is -1.83. The molecule has 0 unspecified atom stereocenters. The van der Waals surface area contributed by atoms with Gasteiger partial charge in [-0.3, -0.25) is 9.59 Å². The number of methoxy groups -OCH3 is 1. The molecule has 1 saturated heterocycles. The highest BCUT2D eigenvalue weighted by atomic mass is 16.5. The minimum atomic E-state index is -0.0276. The molecule has 2 N–H and O–H groups in total. The second-order valence-electron chi connectivity index (χ2n) is 6.78. The van der Waals surface area contributed by atoms with Crippen molar-refractivity contribution in [2.24, 2.45) is 4.99 Å². The minimum absolute atomic E-state index is 0.0276. The topological polar surface area (TPSA) is 86.3 Å². The van der Waals surface area contributed by atoms with Crippen LogP contribution in [0.1, 0.15) is 39.0 Å². The fraction of sp³-hybridized carbons (Fsp3) is 0.833. The molecular formula is C18H35N5O3. The van der Waals surface area contributed by atoms with E-state index in [0.29, 0.717) is 19.0 Å². The summed E-state index contributed by atoms with van der Waals surface area (Å²) in [5.41, 5.74) is 0. The summed E-state index contributed by atoms with van der Waals surface area (Å²) in [5, 5.41) is 6.71. The number of ether oxygens (including phenoxy) is 1. The lowest BCUT2D eigenvalue weighted by Crippen LogP contribution is -2.50. The predicted molar refractivity (Wildman–Crippen MR) is 103 cm³/mol. The second-order valence-corrected chi connectivity index (χ2v) is 6.78. The first-order valence-corrected chi connectivity index (χ1v) is 9.49. The maximum absolute atomic E-state index is 12.0. The minimum Gasteiger partial charge on any atom is -0.384 e. The number of likely N-dealkylation sites (tertiary alicyclic amines) is 1. The van der Waals surface area contributed by atoms with Gasteiger partial charge in [0.1, 0.15) is 6.54 Å². The van der Waals surface area contributed by atoms with Crippen molar-refractivity contribution in [2.75, 3.05) is 54.0 Å². The number of amides is 2. The Labute approximate surface area is 157 Å². The van der Waals surface area contributed by atoms with Crippen molar-refractivity contribution >= 4 is 17.8 Å². The second kappa shape index (κ2) is 12.5. The maximum Gasteiger partial charge on any atom is 0.243 e. The molecule has 0 atom stereocenters. The van der Waals surface area contributed by atoms with Crippen molar-refractivity contribution in [1.29, 1.82) is 0 Å². The van der Waals surface area contributed by atoms with Crippen LogP contribution < -0.4 is 10.6 Å². The molecule has 0 bridgehead atoms. The lowest BCUT2D eigenvalue weighted by atomic mass is 10.0. The first kappa shape index (κ1) is 22.2. The van der Waals surface area contributed by atoms with E-state index in [-0.39, 0.29) is 24.4 Å². The van der Waals surface area contributed by atoms with E-state index >= 15 is 0 Å². The smallest absolute Gasteiger partial charge is 0.243 e. The molecule has 0 radical (unpaired) electrons. The van der Waals surface area contributed by atoms with Crippen LogP contribution in [0.4, 0.5) is 0 Å². The van der Waals surface area contributed by atoms with Gasteiger partial charge in [0.15, 0.2) is 5.96 Å². The van der Waals surface area contributed by atoms with Crippen molar-refractivity contribution in [2.45, 2.75) is 45.1 Å². The highest BCUT2D eigenvalue weighted by molar-refractivity contribution is 5.85. The van der Waals surface area contributed by atoms with Crippen LogP contribution in [-0.2, 0) is 14.3 Å². The molecule has 0 aromatic rings. The third kappa shape index (κ3) is 8.51. The molecule has 1 fully saturated rings. The number of carbonyl (C=O) groups excluding carboxylic acids is 2. The van der Waals surface area contributed by atoms with Gasteiger partial charge >= 0.3 is 0 Å². The SMILES string of the molecule is CCCCNC(=NCC(=O)N(C)C)NC1CCN(C(=O)CCOC)CC1. The number of unbranched alkanes of at least 4 members (excludes halogenated alkanes) is 1. The summed E-state index contributed by atoms with van der Waals surface area (Å²) in [5.74, 6) is 0.801. The van der Waals surface area contributed by atoms with Gasteiger partial charge < -0.3 is 25.2 Å². The average Bonchev–Trinajstić information content (AvgIpc) is 2.64. The zero-order chi connectivity index (χ0) is 19.4. The number of nitrogens with zero attached hydrogens (tertiary/aromatic N) is 3. The summed E-state index contributed by atoms with van der Waals surface area (Å²) < 4.78 is 4.97. The molecule has 26 heavy (non-hydrogen) atoms. The zero-order valence-electron chi connectivity index (χ0n) is 16.7. The Bertz CT molecular complexity index is 460. The molecule has 0 aromatic heterocycles. The number of aliphatic imine (C=N–C) groups is 1. The fourth-order valence-electron chi connectivity index (χ4n) is 2.64. The van der Waals surface area contributed by atoms with Gasteiger partial charge in [-0.1, -0.05) is 13.3 Å². The van der Waals surface area contributed by atoms with Crippen LogP contribution in [0, 0.1) is 0 Å². The third-order valence-corrected chi connectivity index (χ3v) is 4.40. The third-order valence-electron chi connectivity index (χ3n) is 4.40. The van der Waals surface area contributed by atoms with Crippen molar-refractivity contribution in [3.8, 4) is 0 Å². The molecule has 1 heterocycles. The summed E-state index contributed by atoms with van der Waals surface area (Å²) in [4.78, 5) is 31.7. The molecule has 1 aliphatic heterocycles. The summed E-state index contributed by atoms with van der Waals surface area (Å²) in [6.07, 6.45) is 4.32. The van der Waals surface area contributed by atoms with Crippen LogP contribution in [0.15, 0.2) is 4.99 Å². The number of rotatable bonds is 9. The summed E-state index contributed by atoms with van der Waals surface area (Å²) >= 11 is 0. The van der Waals surface area contributed by atoms with Gasteiger partial charge in [0.05, 0.1) is 13.0 Å². The summed E-state index contributed by atoms with van der Waals surface area (Å²) in [6, 6.07) is 0.254. The van der Waals surface area contributed by atoms with Crippen LogP contribution >= 0.6 is 0 Å². The number of nitrogens with one attached hydrogen (secondary N) is 2. The number of carbonyl (C=O) groups is 2. The highest BCUT2D eigenvalue weighted by Crippen LogP contribution is 2.11. The Balaban J connectivity index is 2.50. The van der Waals surface area contributed by atoms with E-state index < -0.39 is 0 Å². The molecular weight excluding hydrogens is 334 g/mol. The molecule has 8 nitrogen and oxygen atoms in total. The number of hydrogen-bond donors (Lipinski definition) is 2. The van der Waals surface area contributed by atoms with E-state index in [1.807, 2.05) is 4.90 Å². The first-order valence-electron chi connectivity index (χ1n) is 9.49. The largest absolute Gasteiger partial charge is 0.384 e. The van der Waals surface area contributed by atoms with Gasteiger partial charge in [-0.25, -0.2) is 4.99 Å². The molecule has 2 amide bonds. The quantitative estimate of drug-likeness (QED) is 0.350. The number of guanidine groups is 1. The van der Waals surface area contributed by atoms with E-state index in [1.165, 1.54) is 4.90 Å². The molecule has 0 saturated carbocycles. The van der Waals surface area contributed by atoms with E-state index in [0.717, 1.165) is 45.3 Å². The lowest BCUT2D eigenvalue weighted by molar-refractivity contribution is -0.133. The molecule has 1 aliphatic rings. The van der Waals surface area contributed by atoms with Gasteiger partial charge in [0, 0.05) is 46.9 Å². The molecule has 8 heteroatoms. The van der Waals surface area contributed by atoms with Crippen molar-refractivity contribution in [3.05, 3.63) is 0 Å². The monoisotopic (exact) mass is 369 g/mol. The van der Waals surface area contributed by atoms with Crippen LogP contribution in [0.25, 0.3) is 0 Å². The fourth-order valence-corrected chi connectivity index (χ4v) is 2.64. The molecule has 0 spiro atoms. The molecule has 0 aromatic carbocycles. The van der Waals surface area contributed by atoms with Crippen LogP contribution in [0.5, 0.6) is 0 Å². The molecule has 1 rings (SSSR count). The van der Waals surface area contributed by atoms with E-state index in [9.17, 15) is 9.59 Å². The number of hydrogen-bond acceptors (Lipinski definition) is 4. The van der Waals surface area contributed by atoms with Crippen molar-refractivity contribution in [3.63, 3.8) is 0 Å². The maximum atomic E-state index is 12.0. The van der Waals surface area contributed by atoms with E-state index in [1.54, 1.807) is 21.2 Å². The normalized spacial score (nSPS) is 15.7. The molecule has 0 aliphatic carbocycles. The Kier molecular flexibility index (Phi) is 10.7. The Morgan fingerprint density at radius 1 is 1.27 bits per heavy atom. The first-order chi connectivity index (χ1) is 12.5. The number of likely N-dealkylation sites (N-methyl/N-ethyl adjacent to an activating group) is 1. The Morgan fingerprint density at radius 3 is 2.54 bits per heavy atom. The van der Waals surface area contributed by atoms with Gasteiger partial charge in [0.25, 0.3) is 0 Å². The van der Waals surface area contributed by atoms with Gasteiger partial charge in [-0.05, 0) is 19.3 Å². The zero-order valence-corrected chi connectivity index (χ0v) is 16.7. The Morgan fingerprint density at radius 2 is 1.96 bits per heavy atom. The molecule has 150 valence electrons. The van der Waals surface area contributed by atoms with Gasteiger partial charge in [0.2, 0.25) is 11.8 Å². The van der Waals surface area contributed by atoms with Crippen molar-refractivity contribution < 1.29 is 14.3 Å². The van der Waals surface area contributed by atoms with Crippen LogP contribution in [0.3, 0.4) is 0 Å². The van der Waals surface area contributed by atoms with Gasteiger partial charge in [-0.2, -0.15) is 0 Å². The van der Waals surface area contributed by atoms with E-state index in [2.05, 4.69) is 22.5 Å². The summed E-state index contributed by atoms with van der Waals surface area (Å²) in [6.45, 7) is 5.03. The summed E-state index contributed by atoms with van der Waals surface area (Å²) in [7, 11) is 5.06.